The molecule has 22 heavy (non-hydrogen) atoms. The van der Waals surface area contributed by atoms with E-state index in [1.54, 1.807) is 0 Å². The maximum absolute atomic E-state index is 6.07. The monoisotopic (exact) mass is 300 g/mol. The van der Waals surface area contributed by atoms with Gasteiger partial charge in [-0.15, -0.1) is 0 Å². The molecule has 0 saturated carbocycles. The summed E-state index contributed by atoms with van der Waals surface area (Å²) in [5.74, 6) is 2.64. The number of hydrogen-bond donors (Lipinski definition) is 0. The molecule has 1 aromatic heterocycles. The number of ether oxygens (including phenoxy) is 2. The van der Waals surface area contributed by atoms with Crippen LogP contribution in [0.1, 0.15) is 30.3 Å². The minimum atomic E-state index is 0.0551. The van der Waals surface area contributed by atoms with Crippen LogP contribution in [0.3, 0.4) is 0 Å². The van der Waals surface area contributed by atoms with E-state index in [0.717, 1.165) is 42.5 Å². The molecule has 1 fully saturated rings. The first-order valence-corrected chi connectivity index (χ1v) is 7.85. The second-order valence-electron chi connectivity index (χ2n) is 6.02. The van der Waals surface area contributed by atoms with Crippen LogP contribution in [0, 0.1) is 6.92 Å². The van der Waals surface area contributed by atoms with Crippen LogP contribution in [0.15, 0.2) is 34.9 Å². The topological polar surface area (TPSA) is 47.7 Å². The predicted octanol–water partition coefficient (Wildman–Crippen LogP) is 2.96. The third-order valence-corrected chi connectivity index (χ3v) is 4.34. The van der Waals surface area contributed by atoms with Crippen molar-refractivity contribution < 1.29 is 14.0 Å². The molecule has 1 aromatic carbocycles. The Morgan fingerprint density at radius 3 is 2.95 bits per heavy atom. The molecule has 5 nitrogen and oxygen atoms in total. The van der Waals surface area contributed by atoms with Gasteiger partial charge in [0.1, 0.15) is 12.7 Å². The van der Waals surface area contributed by atoms with Gasteiger partial charge < -0.3 is 14.0 Å². The van der Waals surface area contributed by atoms with Crippen LogP contribution in [0.25, 0.3) is 0 Å². The minimum Gasteiger partial charge on any atom is -0.486 e. The van der Waals surface area contributed by atoms with E-state index in [0.29, 0.717) is 12.6 Å². The van der Waals surface area contributed by atoms with Gasteiger partial charge in [-0.3, -0.25) is 4.90 Å². The molecule has 2 aliphatic heterocycles. The lowest BCUT2D eigenvalue weighted by Crippen LogP contribution is -2.40. The third-order valence-electron chi connectivity index (χ3n) is 4.34. The molecular formula is C17H20N2O3. The summed E-state index contributed by atoms with van der Waals surface area (Å²) < 4.78 is 17.3. The predicted molar refractivity (Wildman–Crippen MR) is 81.1 cm³/mol. The average Bonchev–Trinajstić information content (AvgIpc) is 3.16. The number of benzene rings is 1. The van der Waals surface area contributed by atoms with E-state index in [2.05, 4.69) is 10.1 Å². The molecule has 2 atom stereocenters. The number of rotatable bonds is 3. The second kappa shape index (κ2) is 5.65. The highest BCUT2D eigenvalue weighted by Gasteiger charge is 2.32. The molecule has 0 N–H and O–H groups in total. The minimum absolute atomic E-state index is 0.0551. The Kier molecular flexibility index (Phi) is 3.50. The van der Waals surface area contributed by atoms with Crippen LogP contribution < -0.4 is 9.47 Å². The van der Waals surface area contributed by atoms with Gasteiger partial charge in [0.05, 0.1) is 11.7 Å². The summed E-state index contributed by atoms with van der Waals surface area (Å²) in [7, 11) is 0. The fraction of sp³-hybridized carbons (Fsp3) is 0.471. The summed E-state index contributed by atoms with van der Waals surface area (Å²) in [6.07, 6.45) is 2.34. The Hall–Kier alpha value is -2.01. The molecule has 1 saturated heterocycles. The van der Waals surface area contributed by atoms with Crippen molar-refractivity contribution >= 4 is 0 Å². The molecule has 2 unspecified atom stereocenters. The summed E-state index contributed by atoms with van der Waals surface area (Å²) in [6.45, 7) is 4.46. The molecule has 2 aromatic rings. The van der Waals surface area contributed by atoms with E-state index in [1.807, 2.05) is 37.3 Å². The zero-order valence-electron chi connectivity index (χ0n) is 12.7. The summed E-state index contributed by atoms with van der Waals surface area (Å²) in [4.78, 5) is 2.42. The van der Waals surface area contributed by atoms with Crippen molar-refractivity contribution in [2.24, 2.45) is 0 Å². The molecule has 0 radical (unpaired) electrons. The van der Waals surface area contributed by atoms with Crippen LogP contribution >= 0.6 is 0 Å². The Morgan fingerprint density at radius 1 is 1.27 bits per heavy atom. The van der Waals surface area contributed by atoms with E-state index in [4.69, 9.17) is 14.0 Å². The van der Waals surface area contributed by atoms with Crippen LogP contribution in [0.4, 0.5) is 0 Å². The van der Waals surface area contributed by atoms with Gasteiger partial charge in [-0.2, -0.15) is 0 Å². The fourth-order valence-corrected chi connectivity index (χ4v) is 3.32. The Labute approximate surface area is 129 Å². The van der Waals surface area contributed by atoms with Crippen molar-refractivity contribution in [2.45, 2.75) is 31.9 Å². The lowest BCUT2D eigenvalue weighted by Gasteiger charge is -2.31. The smallest absolute Gasteiger partial charge is 0.161 e. The Bertz CT molecular complexity index is 655. The number of aryl methyl sites for hydroxylation is 1. The first-order chi connectivity index (χ1) is 10.8. The molecular weight excluding hydrogens is 280 g/mol. The van der Waals surface area contributed by atoms with Crippen molar-refractivity contribution in [1.82, 2.24) is 10.1 Å². The molecule has 2 aliphatic rings. The first-order valence-electron chi connectivity index (χ1n) is 7.85. The molecule has 5 heteroatoms. The average molecular weight is 300 g/mol. The van der Waals surface area contributed by atoms with Gasteiger partial charge in [-0.25, -0.2) is 0 Å². The lowest BCUT2D eigenvalue weighted by atomic mass is 10.1. The number of para-hydroxylation sites is 2. The first kappa shape index (κ1) is 13.6. The van der Waals surface area contributed by atoms with E-state index in [9.17, 15) is 0 Å². The molecule has 0 bridgehead atoms. The van der Waals surface area contributed by atoms with Crippen molar-refractivity contribution in [1.29, 1.82) is 0 Å². The maximum atomic E-state index is 6.07. The van der Waals surface area contributed by atoms with Crippen LogP contribution in [-0.2, 0) is 0 Å². The molecule has 116 valence electrons. The van der Waals surface area contributed by atoms with Gasteiger partial charge >= 0.3 is 0 Å². The van der Waals surface area contributed by atoms with Gasteiger partial charge in [0.25, 0.3) is 0 Å². The van der Waals surface area contributed by atoms with Crippen molar-refractivity contribution in [3.8, 4) is 11.5 Å². The molecule has 0 aliphatic carbocycles. The quantitative estimate of drug-likeness (QED) is 0.872. The highest BCUT2D eigenvalue weighted by Crippen LogP contribution is 2.35. The summed E-state index contributed by atoms with van der Waals surface area (Å²) in [6, 6.07) is 10.2. The van der Waals surface area contributed by atoms with Gasteiger partial charge in [0.2, 0.25) is 0 Å². The SMILES string of the molecule is Cc1cc(C2CCCN2CC2COc3ccccc3O2)on1. The molecule has 0 spiro atoms. The maximum Gasteiger partial charge on any atom is 0.161 e. The highest BCUT2D eigenvalue weighted by atomic mass is 16.6. The van der Waals surface area contributed by atoms with E-state index >= 15 is 0 Å². The van der Waals surface area contributed by atoms with Crippen molar-refractivity contribution in [3.05, 3.63) is 41.8 Å². The van der Waals surface area contributed by atoms with Crippen molar-refractivity contribution in [3.63, 3.8) is 0 Å². The zero-order valence-corrected chi connectivity index (χ0v) is 12.7. The lowest BCUT2D eigenvalue weighted by molar-refractivity contribution is 0.0516. The van der Waals surface area contributed by atoms with Crippen LogP contribution in [0.2, 0.25) is 0 Å². The van der Waals surface area contributed by atoms with Crippen LogP contribution in [-0.4, -0.2) is 35.9 Å². The van der Waals surface area contributed by atoms with E-state index in [1.165, 1.54) is 6.42 Å². The summed E-state index contributed by atoms with van der Waals surface area (Å²) in [5.41, 5.74) is 0.938. The molecule has 0 amide bonds. The second-order valence-corrected chi connectivity index (χ2v) is 6.02. The number of hydrogen-bond acceptors (Lipinski definition) is 5. The largest absolute Gasteiger partial charge is 0.486 e. The Morgan fingerprint density at radius 2 is 2.14 bits per heavy atom. The highest BCUT2D eigenvalue weighted by molar-refractivity contribution is 5.40. The van der Waals surface area contributed by atoms with Gasteiger partial charge in [0, 0.05) is 12.6 Å². The molecule has 3 heterocycles. The Balaban J connectivity index is 1.45. The third kappa shape index (κ3) is 2.57. The van der Waals surface area contributed by atoms with Gasteiger partial charge in [0.15, 0.2) is 17.3 Å². The summed E-state index contributed by atoms with van der Waals surface area (Å²) >= 11 is 0. The molecule has 4 rings (SSSR count). The number of aromatic nitrogens is 1. The van der Waals surface area contributed by atoms with Crippen molar-refractivity contribution in [2.75, 3.05) is 19.7 Å². The van der Waals surface area contributed by atoms with Gasteiger partial charge in [-0.1, -0.05) is 17.3 Å². The fourth-order valence-electron chi connectivity index (χ4n) is 3.32. The van der Waals surface area contributed by atoms with Crippen LogP contribution in [0.5, 0.6) is 11.5 Å². The standard InChI is InChI=1S/C17H20N2O3/c1-12-9-17(22-18-12)14-5-4-8-19(14)10-13-11-20-15-6-2-3-7-16(15)21-13/h2-3,6-7,9,13-14H,4-5,8,10-11H2,1H3. The van der Waals surface area contributed by atoms with E-state index < -0.39 is 0 Å². The number of fused-ring (bicyclic) bond motifs is 1. The number of nitrogens with zero attached hydrogens (tertiary/aromatic N) is 2. The number of likely N-dealkylation sites (tertiary alicyclic amines) is 1. The van der Waals surface area contributed by atoms with E-state index in [-0.39, 0.29) is 6.10 Å². The normalized spacial score (nSPS) is 24.6. The van der Waals surface area contributed by atoms with Gasteiger partial charge in [-0.05, 0) is 38.4 Å². The summed E-state index contributed by atoms with van der Waals surface area (Å²) in [5, 5.41) is 4.01. The zero-order chi connectivity index (χ0) is 14.9.